The zero-order valence-electron chi connectivity index (χ0n) is 16.1. The Bertz CT molecular complexity index is 482. The molecule has 0 heterocycles. The summed E-state index contributed by atoms with van der Waals surface area (Å²) in [6, 6.07) is 0. The summed E-state index contributed by atoms with van der Waals surface area (Å²) in [6.45, 7) is 5.68. The third kappa shape index (κ3) is 8.87. The van der Waals surface area contributed by atoms with Crippen LogP contribution in [-0.4, -0.2) is 63.9 Å². The van der Waals surface area contributed by atoms with Crippen molar-refractivity contribution in [1.29, 1.82) is 0 Å². The minimum atomic E-state index is -4.83. The maximum atomic E-state index is 12.1. The van der Waals surface area contributed by atoms with E-state index in [2.05, 4.69) is 0 Å². The molecule has 1 atom stereocenters. The summed E-state index contributed by atoms with van der Waals surface area (Å²) < 4.78 is 36.8. The number of hydrogen-bond donors (Lipinski definition) is 2. The Balaban J connectivity index is -0.000000735. The average molecular weight is 365 g/mol. The molecule has 1 unspecified atom stereocenters. The molecule has 0 radical (unpaired) electrons. The van der Waals surface area contributed by atoms with E-state index < -0.39 is 39.3 Å². The van der Waals surface area contributed by atoms with Gasteiger partial charge in [0.15, 0.2) is 5.25 Å². The molecule has 0 spiro atoms. The molecule has 0 saturated carbocycles. The molecule has 0 fully saturated rings. The van der Waals surface area contributed by atoms with E-state index in [1.165, 1.54) is 0 Å². The van der Waals surface area contributed by atoms with Crippen molar-refractivity contribution < 1.29 is 35.3 Å². The molecule has 0 aliphatic carbocycles. The molecule has 0 aliphatic rings. The molecule has 9 heteroatoms. The first-order valence-electron chi connectivity index (χ1n) is 7.52. The smallest absolute Gasteiger partial charge is 1.00 e. The van der Waals surface area contributed by atoms with Gasteiger partial charge in [-0.05, 0) is 25.7 Å². The Labute approximate surface area is 157 Å². The predicted molar refractivity (Wildman–Crippen MR) is 89.1 cm³/mol. The summed E-state index contributed by atoms with van der Waals surface area (Å²) in [4.78, 5) is 22.8. The molecule has 0 aromatic carbocycles. The molecule has 0 bridgehead atoms. The first-order chi connectivity index (χ1) is 10.1. The Morgan fingerprint density at radius 1 is 1.17 bits per heavy atom. The van der Waals surface area contributed by atoms with Crippen molar-refractivity contribution >= 4 is 45.1 Å². The topological polar surface area (TPSA) is 118 Å². The number of carbonyl (C=O) groups is 2. The molecule has 0 aliphatic heterocycles. The second-order valence-electron chi connectivity index (χ2n) is 5.37. The van der Waals surface area contributed by atoms with E-state index in [4.69, 9.17) is 14.4 Å². The average Bonchev–Trinajstić information content (AvgIpc) is 2.42. The van der Waals surface area contributed by atoms with Crippen molar-refractivity contribution in [2.24, 2.45) is 0 Å². The van der Waals surface area contributed by atoms with Crippen molar-refractivity contribution in [3.8, 4) is 0 Å². The first kappa shape index (κ1) is 24.9. The number of carboxylic acid groups (broad SMARTS) is 1. The Kier molecular flexibility index (Phi) is 12.1. The van der Waals surface area contributed by atoms with Gasteiger partial charge in [-0.1, -0.05) is 33.6 Å². The summed E-state index contributed by atoms with van der Waals surface area (Å²) >= 11 is 0. The van der Waals surface area contributed by atoms with Gasteiger partial charge in [-0.25, -0.2) is 0 Å². The van der Waals surface area contributed by atoms with Gasteiger partial charge in [0, 0.05) is 0 Å². The predicted octanol–water partition coefficient (Wildman–Crippen LogP) is 2.24. The molecule has 7 nitrogen and oxygen atoms in total. The van der Waals surface area contributed by atoms with Gasteiger partial charge in [0.25, 0.3) is 10.1 Å². The zero-order chi connectivity index (χ0) is 17.4. The van der Waals surface area contributed by atoms with E-state index in [0.29, 0.717) is 19.3 Å². The maximum Gasteiger partial charge on any atom is 2.00 e. The molecule has 0 rings (SSSR count). The van der Waals surface area contributed by atoms with E-state index in [9.17, 15) is 18.0 Å². The van der Waals surface area contributed by atoms with E-state index in [-0.39, 0.29) is 25.9 Å². The largest absolute Gasteiger partial charge is 2.00 e. The van der Waals surface area contributed by atoms with E-state index in [1.54, 1.807) is 0 Å². The van der Waals surface area contributed by atoms with Gasteiger partial charge >= 0.3 is 35.0 Å². The van der Waals surface area contributed by atoms with Crippen LogP contribution in [0.15, 0.2) is 0 Å². The number of esters is 1. The Morgan fingerprint density at radius 3 is 2.04 bits per heavy atom. The molecule has 0 amide bonds. The second kappa shape index (κ2) is 11.2. The van der Waals surface area contributed by atoms with Gasteiger partial charge in [0.05, 0.1) is 6.42 Å². The first-order valence-corrected chi connectivity index (χ1v) is 9.03. The third-order valence-corrected chi connectivity index (χ3v) is 4.90. The van der Waals surface area contributed by atoms with Crippen molar-refractivity contribution in [3.63, 3.8) is 0 Å². The maximum absolute atomic E-state index is 12.1. The summed E-state index contributed by atoms with van der Waals surface area (Å²) in [7, 11) is -4.83. The number of carboxylic acids is 1. The standard InChI is InChI=1S/C14H26O7S.Mg.2H/c1-4-7-8-9-14(5-2,6-3)21-13(17)11(10-12(15)16)22(18,19)20;;;/h11H,4-10H2,1-3H3,(H,15,16)(H,18,19,20);;;/q;+2;2*-1. The monoisotopic (exact) mass is 364 g/mol. The molecular formula is C14H28MgO7S. The van der Waals surface area contributed by atoms with Crippen LogP contribution in [0.5, 0.6) is 0 Å². The van der Waals surface area contributed by atoms with Gasteiger partial charge in [0.1, 0.15) is 5.60 Å². The normalized spacial score (nSPS) is 13.0. The quantitative estimate of drug-likeness (QED) is 0.250. The minimum absolute atomic E-state index is 0. The number of ether oxygens (including phenoxy) is 1. The second-order valence-corrected chi connectivity index (χ2v) is 6.97. The molecule has 134 valence electrons. The van der Waals surface area contributed by atoms with Crippen LogP contribution in [0.3, 0.4) is 0 Å². The van der Waals surface area contributed by atoms with Gasteiger partial charge in [-0.3, -0.25) is 14.1 Å². The van der Waals surface area contributed by atoms with Crippen LogP contribution in [-0.2, 0) is 24.4 Å². The van der Waals surface area contributed by atoms with Crippen LogP contribution in [0.2, 0.25) is 0 Å². The minimum Gasteiger partial charge on any atom is -1.00 e. The Hall–Kier alpha value is -0.384. The van der Waals surface area contributed by atoms with Gasteiger partial charge in [-0.15, -0.1) is 0 Å². The molecule has 0 aromatic heterocycles. The van der Waals surface area contributed by atoms with Crippen LogP contribution in [0.1, 0.15) is 68.6 Å². The van der Waals surface area contributed by atoms with E-state index >= 15 is 0 Å². The zero-order valence-corrected chi connectivity index (χ0v) is 16.3. The van der Waals surface area contributed by atoms with Gasteiger partial charge in [-0.2, -0.15) is 8.42 Å². The van der Waals surface area contributed by atoms with E-state index in [0.717, 1.165) is 19.3 Å². The third-order valence-electron chi connectivity index (χ3n) is 3.82. The number of carbonyl (C=O) groups excluding carboxylic acids is 1. The summed E-state index contributed by atoms with van der Waals surface area (Å²) in [5, 5.41) is 6.61. The summed E-state index contributed by atoms with van der Waals surface area (Å²) in [5.74, 6) is -2.70. The van der Waals surface area contributed by atoms with Crippen molar-refractivity contribution in [2.45, 2.75) is 76.6 Å². The van der Waals surface area contributed by atoms with Crippen molar-refractivity contribution in [2.75, 3.05) is 0 Å². The fourth-order valence-electron chi connectivity index (χ4n) is 2.24. The number of hydrogen-bond acceptors (Lipinski definition) is 5. The molecule has 0 aromatic rings. The number of unbranched alkanes of at least 4 members (excludes halogenated alkanes) is 2. The molecular weight excluding hydrogens is 337 g/mol. The SMILES string of the molecule is CCCCCC(CC)(CC)OC(=O)C(CC(=O)O)S(=O)(=O)O.[H-].[H-].[Mg+2]. The van der Waals surface area contributed by atoms with Crippen molar-refractivity contribution in [3.05, 3.63) is 0 Å². The molecule has 23 heavy (non-hydrogen) atoms. The number of aliphatic carboxylic acids is 1. The van der Waals surface area contributed by atoms with Crippen LogP contribution in [0, 0.1) is 0 Å². The molecule has 2 N–H and O–H groups in total. The van der Waals surface area contributed by atoms with Gasteiger partial charge < -0.3 is 12.7 Å². The van der Waals surface area contributed by atoms with Crippen molar-refractivity contribution in [1.82, 2.24) is 0 Å². The molecule has 0 saturated heterocycles. The fourth-order valence-corrected chi connectivity index (χ4v) is 2.89. The Morgan fingerprint density at radius 2 is 1.70 bits per heavy atom. The summed E-state index contributed by atoms with van der Waals surface area (Å²) in [5.41, 5.74) is -0.826. The van der Waals surface area contributed by atoms with Gasteiger partial charge in [0.2, 0.25) is 0 Å². The van der Waals surface area contributed by atoms with Crippen LogP contribution >= 0.6 is 0 Å². The fraction of sp³-hybridized carbons (Fsp3) is 0.857. The number of rotatable bonds is 11. The van der Waals surface area contributed by atoms with Crippen LogP contribution < -0.4 is 0 Å². The van der Waals surface area contributed by atoms with Crippen LogP contribution in [0.4, 0.5) is 0 Å². The summed E-state index contributed by atoms with van der Waals surface area (Å²) in [6.07, 6.45) is 3.30. The van der Waals surface area contributed by atoms with Crippen LogP contribution in [0.25, 0.3) is 0 Å². The van der Waals surface area contributed by atoms with E-state index in [1.807, 2.05) is 20.8 Å².